The van der Waals surface area contributed by atoms with Crippen LogP contribution in [0, 0.1) is 17.0 Å². The highest BCUT2D eigenvalue weighted by Gasteiger charge is 2.15. The highest BCUT2D eigenvalue weighted by molar-refractivity contribution is 8.00. The maximum Gasteiger partial charge on any atom is 0.270 e. The van der Waals surface area contributed by atoms with Crippen LogP contribution in [0.4, 0.5) is 11.4 Å². The number of hydrogen-bond donors (Lipinski definition) is 1. The molecule has 0 bridgehead atoms. The summed E-state index contributed by atoms with van der Waals surface area (Å²) in [5.41, 5.74) is 3.24. The van der Waals surface area contributed by atoms with Crippen molar-refractivity contribution in [3.05, 3.63) is 87.7 Å². The number of thiazole rings is 1. The highest BCUT2D eigenvalue weighted by Crippen LogP contribution is 2.35. The van der Waals surface area contributed by atoms with Gasteiger partial charge in [-0.15, -0.1) is 21.5 Å². The number of rotatable bonds is 12. The van der Waals surface area contributed by atoms with Crippen molar-refractivity contribution in [2.24, 2.45) is 7.05 Å². The number of fused-ring (bicyclic) bond motifs is 1. The number of thioether (sulfide) groups is 2. The first-order valence-corrected chi connectivity index (χ1v) is 15.4. The van der Waals surface area contributed by atoms with E-state index in [9.17, 15) is 14.9 Å². The summed E-state index contributed by atoms with van der Waals surface area (Å²) in [6, 6.07) is 17.9. The average Bonchev–Trinajstić information content (AvgIpc) is 3.56. The van der Waals surface area contributed by atoms with E-state index < -0.39 is 4.92 Å². The summed E-state index contributed by atoms with van der Waals surface area (Å²) in [6.07, 6.45) is 0. The topological polar surface area (TPSA) is 134 Å². The number of anilines is 1. The second-order valence-electron chi connectivity index (χ2n) is 9.05. The van der Waals surface area contributed by atoms with Gasteiger partial charge in [-0.2, -0.15) is 0 Å². The lowest BCUT2D eigenvalue weighted by Gasteiger charge is -2.08. The first-order valence-electron chi connectivity index (χ1n) is 12.6. The fraction of sp³-hybridized carbons (Fsp3) is 0.214. The Bertz CT molecular complexity index is 1760. The predicted molar refractivity (Wildman–Crippen MR) is 165 cm³/mol. The molecule has 5 aromatic rings. The molecular formula is C28H26N6O5S3. The van der Waals surface area contributed by atoms with E-state index in [0.29, 0.717) is 28.2 Å². The molecule has 0 saturated carbocycles. The summed E-state index contributed by atoms with van der Waals surface area (Å²) < 4.78 is 14.8. The summed E-state index contributed by atoms with van der Waals surface area (Å²) in [7, 11) is 3.38. The van der Waals surface area contributed by atoms with E-state index >= 15 is 0 Å². The molecule has 216 valence electrons. The third-order valence-corrected chi connectivity index (χ3v) is 9.42. The molecule has 1 amide bonds. The Morgan fingerprint density at radius 1 is 1.10 bits per heavy atom. The monoisotopic (exact) mass is 622 g/mol. The lowest BCUT2D eigenvalue weighted by atomic mass is 10.2. The minimum absolute atomic E-state index is 0.0148. The second kappa shape index (κ2) is 13.2. The molecule has 3 aromatic carbocycles. The number of non-ortho nitro benzene ring substituents is 1. The molecule has 14 heteroatoms. The van der Waals surface area contributed by atoms with Crippen LogP contribution < -0.4 is 14.8 Å². The van der Waals surface area contributed by atoms with Crippen molar-refractivity contribution in [2.45, 2.75) is 28.8 Å². The van der Waals surface area contributed by atoms with Gasteiger partial charge in [-0.3, -0.25) is 14.9 Å². The Hall–Kier alpha value is -4.14. The molecule has 42 heavy (non-hydrogen) atoms. The second-order valence-corrected chi connectivity index (χ2v) is 12.2. The third-order valence-electron chi connectivity index (χ3n) is 6.19. The van der Waals surface area contributed by atoms with E-state index in [1.165, 1.54) is 54.1 Å². The van der Waals surface area contributed by atoms with Crippen molar-refractivity contribution in [1.82, 2.24) is 19.7 Å². The molecule has 0 atom stereocenters. The van der Waals surface area contributed by atoms with E-state index in [2.05, 4.69) is 20.5 Å². The first-order chi connectivity index (χ1) is 20.3. The summed E-state index contributed by atoms with van der Waals surface area (Å²) in [6.45, 7) is 2.26. The van der Waals surface area contributed by atoms with Gasteiger partial charge in [0.15, 0.2) is 15.3 Å². The summed E-state index contributed by atoms with van der Waals surface area (Å²) >= 11 is 4.25. The number of carbonyl (C=O) groups excluding carboxylic acids is 1. The van der Waals surface area contributed by atoms with Crippen LogP contribution in [-0.4, -0.2) is 43.4 Å². The number of benzene rings is 3. The number of carbonyl (C=O) groups is 1. The predicted octanol–water partition coefficient (Wildman–Crippen LogP) is 6.25. The number of nitro benzene ring substituents is 1. The van der Waals surface area contributed by atoms with E-state index in [-0.39, 0.29) is 24.0 Å². The van der Waals surface area contributed by atoms with E-state index in [4.69, 9.17) is 9.47 Å². The van der Waals surface area contributed by atoms with Crippen molar-refractivity contribution in [2.75, 3.05) is 18.2 Å². The number of nitrogens with one attached hydrogen (secondary N) is 1. The minimum Gasteiger partial charge on any atom is -0.496 e. The van der Waals surface area contributed by atoms with Crippen LogP contribution in [0.15, 0.2) is 70.2 Å². The fourth-order valence-electron chi connectivity index (χ4n) is 3.96. The highest BCUT2D eigenvalue weighted by atomic mass is 32.2. The largest absolute Gasteiger partial charge is 0.496 e. The number of methoxy groups -OCH3 is 1. The van der Waals surface area contributed by atoms with Gasteiger partial charge in [-0.25, -0.2) is 4.98 Å². The number of hydrogen-bond acceptors (Lipinski definition) is 11. The minimum atomic E-state index is -0.424. The van der Waals surface area contributed by atoms with Crippen LogP contribution in [0.3, 0.4) is 0 Å². The van der Waals surface area contributed by atoms with Crippen LogP contribution in [0.5, 0.6) is 11.5 Å². The van der Waals surface area contributed by atoms with Gasteiger partial charge >= 0.3 is 0 Å². The molecule has 0 aliphatic carbocycles. The molecule has 0 spiro atoms. The van der Waals surface area contributed by atoms with Crippen LogP contribution >= 0.6 is 34.9 Å². The molecule has 0 unspecified atom stereocenters. The number of ether oxygens (including phenoxy) is 2. The van der Waals surface area contributed by atoms with Crippen LogP contribution in [0.2, 0.25) is 0 Å². The number of nitrogens with zero attached hydrogens (tertiary/aromatic N) is 5. The Morgan fingerprint density at radius 3 is 2.71 bits per heavy atom. The van der Waals surface area contributed by atoms with Crippen LogP contribution in [0.1, 0.15) is 17.0 Å². The van der Waals surface area contributed by atoms with E-state index in [1.807, 2.05) is 61.0 Å². The van der Waals surface area contributed by atoms with Gasteiger partial charge in [-0.1, -0.05) is 41.7 Å². The quantitative estimate of drug-likeness (QED) is 0.0966. The maximum absolute atomic E-state index is 12.7. The average molecular weight is 623 g/mol. The number of aryl methyl sites for hydroxylation is 1. The Labute approximate surface area is 253 Å². The normalized spacial score (nSPS) is 11.0. The molecule has 0 radical (unpaired) electrons. The van der Waals surface area contributed by atoms with Crippen molar-refractivity contribution in [3.63, 3.8) is 0 Å². The molecule has 1 N–H and O–H groups in total. The SMILES string of the molecule is COc1ccc([N+](=O)[O-])cc1CSc1nc2ccc(NC(=O)CSc3nnc(COc4ccccc4C)n3C)cc2s1. The van der Waals surface area contributed by atoms with Crippen LogP contribution in [-0.2, 0) is 24.2 Å². The lowest BCUT2D eigenvalue weighted by Crippen LogP contribution is -2.14. The van der Waals surface area contributed by atoms with E-state index in [1.54, 1.807) is 6.07 Å². The third kappa shape index (κ3) is 7.01. The maximum atomic E-state index is 12.7. The zero-order valence-electron chi connectivity index (χ0n) is 22.9. The molecule has 0 fully saturated rings. The van der Waals surface area contributed by atoms with Crippen molar-refractivity contribution < 1.29 is 19.2 Å². The number of nitro groups is 1. The molecule has 0 saturated heterocycles. The van der Waals surface area contributed by atoms with Gasteiger partial charge in [0.1, 0.15) is 18.1 Å². The lowest BCUT2D eigenvalue weighted by molar-refractivity contribution is -0.384. The zero-order chi connectivity index (χ0) is 29.6. The summed E-state index contributed by atoms with van der Waals surface area (Å²) in [4.78, 5) is 28.1. The van der Waals surface area contributed by atoms with Gasteiger partial charge < -0.3 is 19.4 Å². The molecular weight excluding hydrogens is 597 g/mol. The zero-order valence-corrected chi connectivity index (χ0v) is 25.3. The smallest absolute Gasteiger partial charge is 0.270 e. The Kier molecular flexibility index (Phi) is 9.25. The fourth-order valence-corrected chi connectivity index (χ4v) is 6.77. The summed E-state index contributed by atoms with van der Waals surface area (Å²) in [5.74, 6) is 2.50. The van der Waals surface area contributed by atoms with Crippen molar-refractivity contribution >= 4 is 62.4 Å². The number of para-hydroxylation sites is 1. The van der Waals surface area contributed by atoms with Gasteiger partial charge in [0.05, 0.1) is 28.0 Å². The van der Waals surface area contributed by atoms with Gasteiger partial charge in [0.25, 0.3) is 5.69 Å². The van der Waals surface area contributed by atoms with E-state index in [0.717, 1.165) is 31.4 Å². The van der Waals surface area contributed by atoms with Gasteiger partial charge in [-0.05, 0) is 42.8 Å². The first kappa shape index (κ1) is 29.4. The molecule has 2 heterocycles. The number of amides is 1. The molecule has 0 aliphatic heterocycles. The van der Waals surface area contributed by atoms with Crippen molar-refractivity contribution in [3.8, 4) is 11.5 Å². The Balaban J connectivity index is 1.16. The molecule has 5 rings (SSSR count). The Morgan fingerprint density at radius 2 is 1.93 bits per heavy atom. The molecule has 0 aliphatic rings. The number of aromatic nitrogens is 4. The van der Waals surface area contributed by atoms with Crippen LogP contribution in [0.25, 0.3) is 10.2 Å². The summed E-state index contributed by atoms with van der Waals surface area (Å²) in [5, 5.41) is 23.1. The van der Waals surface area contributed by atoms with Gasteiger partial charge in [0.2, 0.25) is 5.91 Å². The van der Waals surface area contributed by atoms with Crippen molar-refractivity contribution in [1.29, 1.82) is 0 Å². The molecule has 2 aromatic heterocycles. The van der Waals surface area contributed by atoms with Gasteiger partial charge in [0, 0.05) is 36.2 Å². The standard InChI is InChI=1S/C28H26N6O5S3/c1-17-6-4-5-7-22(17)39-14-25-31-32-27(33(25)2)40-16-26(35)29-19-8-10-21-24(13-19)42-28(30-21)41-15-18-12-20(34(36)37)9-11-23(18)38-3/h4-13H,14-16H2,1-3H3,(H,29,35). The molecule has 11 nitrogen and oxygen atoms in total.